The van der Waals surface area contributed by atoms with E-state index in [1.807, 2.05) is 29.7 Å². The Morgan fingerprint density at radius 2 is 2.23 bits per heavy atom. The zero-order chi connectivity index (χ0) is 15.1. The molecule has 1 aliphatic carbocycles. The van der Waals surface area contributed by atoms with Crippen LogP contribution >= 0.6 is 0 Å². The second kappa shape index (κ2) is 4.84. The molecule has 0 radical (unpaired) electrons. The Morgan fingerprint density at radius 3 is 3.09 bits per heavy atom. The quantitative estimate of drug-likeness (QED) is 0.563. The van der Waals surface area contributed by atoms with E-state index in [0.29, 0.717) is 0 Å². The van der Waals surface area contributed by atoms with Gasteiger partial charge in [0.15, 0.2) is 5.65 Å². The van der Waals surface area contributed by atoms with E-state index >= 15 is 0 Å². The van der Waals surface area contributed by atoms with Crippen molar-refractivity contribution in [3.63, 3.8) is 0 Å². The summed E-state index contributed by atoms with van der Waals surface area (Å²) in [4.78, 5) is 8.58. The van der Waals surface area contributed by atoms with Gasteiger partial charge in [0.05, 0.1) is 17.6 Å². The highest BCUT2D eigenvalue weighted by Gasteiger charge is 2.18. The van der Waals surface area contributed by atoms with Gasteiger partial charge in [0.2, 0.25) is 0 Å². The molecule has 2 heterocycles. The number of hydrogen-bond acceptors (Lipinski definition) is 5. The van der Waals surface area contributed by atoms with Crippen LogP contribution < -0.4 is 5.32 Å². The Hall–Kier alpha value is -2.89. The lowest BCUT2D eigenvalue weighted by molar-refractivity contribution is 0.318. The van der Waals surface area contributed by atoms with E-state index in [1.54, 1.807) is 12.4 Å². The number of oxime groups is 1. The summed E-state index contributed by atoms with van der Waals surface area (Å²) in [6, 6.07) is 6.10. The maximum absolute atomic E-state index is 9.00. The highest BCUT2D eigenvalue weighted by atomic mass is 16.4. The Balaban J connectivity index is 1.73. The fourth-order valence-electron chi connectivity index (χ4n) is 2.96. The molecule has 2 aromatic heterocycles. The molecule has 3 aromatic rings. The molecule has 22 heavy (non-hydrogen) atoms. The number of hydrogen-bond donors (Lipinski definition) is 2. The van der Waals surface area contributed by atoms with Crippen LogP contribution in [0.1, 0.15) is 23.2 Å². The topological polar surface area (TPSA) is 74.8 Å². The predicted molar refractivity (Wildman–Crippen MR) is 84.1 cm³/mol. The standard InChI is InChI=1S/C16H15N5O/c1-10-16(21-7-6-17-9-15(21)18-10)19-12-3-4-13-11(8-12)2-5-14(13)20-22/h3-4,6-9,19,22H,2,5H2,1H3/b20-14+. The third-order valence-electron chi connectivity index (χ3n) is 4.04. The minimum atomic E-state index is 0.763. The monoisotopic (exact) mass is 293 g/mol. The van der Waals surface area contributed by atoms with Gasteiger partial charge in [-0.05, 0) is 37.5 Å². The van der Waals surface area contributed by atoms with Crippen molar-refractivity contribution in [3.05, 3.63) is 53.6 Å². The molecule has 0 amide bonds. The van der Waals surface area contributed by atoms with Gasteiger partial charge in [-0.1, -0.05) is 11.2 Å². The van der Waals surface area contributed by atoms with Crippen LogP contribution in [0.3, 0.4) is 0 Å². The van der Waals surface area contributed by atoms with Crippen molar-refractivity contribution in [2.24, 2.45) is 5.16 Å². The van der Waals surface area contributed by atoms with Crippen molar-refractivity contribution in [1.29, 1.82) is 0 Å². The van der Waals surface area contributed by atoms with Crippen LogP contribution in [0.4, 0.5) is 11.5 Å². The first-order chi connectivity index (χ1) is 10.8. The van der Waals surface area contributed by atoms with Gasteiger partial charge in [-0.15, -0.1) is 0 Å². The lowest BCUT2D eigenvalue weighted by atomic mass is 10.1. The first-order valence-corrected chi connectivity index (χ1v) is 7.16. The van der Waals surface area contributed by atoms with Crippen LogP contribution in [0.25, 0.3) is 5.65 Å². The zero-order valence-corrected chi connectivity index (χ0v) is 12.1. The van der Waals surface area contributed by atoms with Crippen molar-refractivity contribution < 1.29 is 5.21 Å². The second-order valence-electron chi connectivity index (χ2n) is 5.39. The van der Waals surface area contributed by atoms with Crippen LogP contribution in [-0.2, 0) is 6.42 Å². The molecule has 0 atom stereocenters. The molecule has 6 heteroatoms. The first-order valence-electron chi connectivity index (χ1n) is 7.16. The molecule has 0 fully saturated rings. The summed E-state index contributed by atoms with van der Waals surface area (Å²) < 4.78 is 1.98. The molecule has 6 nitrogen and oxygen atoms in total. The summed E-state index contributed by atoms with van der Waals surface area (Å²) >= 11 is 0. The Labute approximate surface area is 127 Å². The highest BCUT2D eigenvalue weighted by molar-refractivity contribution is 6.04. The molecule has 0 bridgehead atoms. The number of benzene rings is 1. The number of aryl methyl sites for hydroxylation is 2. The summed E-state index contributed by atoms with van der Waals surface area (Å²) in [6.07, 6.45) is 7.06. The lowest BCUT2D eigenvalue weighted by Gasteiger charge is -2.09. The minimum absolute atomic E-state index is 0.763. The van der Waals surface area contributed by atoms with Crippen LogP contribution in [0.15, 0.2) is 41.9 Å². The minimum Gasteiger partial charge on any atom is -0.411 e. The number of nitrogens with one attached hydrogen (secondary N) is 1. The Kier molecular flexibility index (Phi) is 2.82. The predicted octanol–water partition coefficient (Wildman–Crippen LogP) is 2.91. The zero-order valence-electron chi connectivity index (χ0n) is 12.1. The summed E-state index contributed by atoms with van der Waals surface area (Å²) in [5.74, 6) is 0.936. The van der Waals surface area contributed by atoms with Gasteiger partial charge in [-0.25, -0.2) is 4.98 Å². The maximum Gasteiger partial charge on any atom is 0.157 e. The SMILES string of the molecule is Cc1nc2cnccn2c1Nc1ccc2c(c1)CC/C2=N\O. The van der Waals surface area contributed by atoms with Crippen LogP contribution in [0.2, 0.25) is 0 Å². The number of anilines is 2. The van der Waals surface area contributed by atoms with Crippen molar-refractivity contribution in [2.75, 3.05) is 5.32 Å². The van der Waals surface area contributed by atoms with E-state index in [4.69, 9.17) is 5.21 Å². The molecule has 4 rings (SSSR count). The average molecular weight is 293 g/mol. The van der Waals surface area contributed by atoms with E-state index in [-0.39, 0.29) is 0 Å². The lowest BCUT2D eigenvalue weighted by Crippen LogP contribution is -1.99. The third kappa shape index (κ3) is 1.92. The van der Waals surface area contributed by atoms with Gasteiger partial charge in [0, 0.05) is 23.6 Å². The summed E-state index contributed by atoms with van der Waals surface area (Å²) in [5, 5.41) is 15.8. The smallest absolute Gasteiger partial charge is 0.157 e. The molecule has 110 valence electrons. The second-order valence-corrected chi connectivity index (χ2v) is 5.39. The van der Waals surface area contributed by atoms with Gasteiger partial charge >= 0.3 is 0 Å². The van der Waals surface area contributed by atoms with Crippen LogP contribution in [-0.4, -0.2) is 25.3 Å². The summed E-state index contributed by atoms with van der Waals surface area (Å²) in [7, 11) is 0. The van der Waals surface area contributed by atoms with E-state index < -0.39 is 0 Å². The number of fused-ring (bicyclic) bond motifs is 2. The number of aromatic nitrogens is 3. The fraction of sp³-hybridized carbons (Fsp3) is 0.188. The molecule has 1 aliphatic rings. The number of rotatable bonds is 2. The van der Waals surface area contributed by atoms with Gasteiger partial charge in [0.25, 0.3) is 0 Å². The largest absolute Gasteiger partial charge is 0.411 e. The van der Waals surface area contributed by atoms with Crippen molar-refractivity contribution in [1.82, 2.24) is 14.4 Å². The molecular weight excluding hydrogens is 278 g/mol. The van der Waals surface area contributed by atoms with Crippen molar-refractivity contribution in [2.45, 2.75) is 19.8 Å². The van der Waals surface area contributed by atoms with Crippen LogP contribution in [0.5, 0.6) is 0 Å². The van der Waals surface area contributed by atoms with Crippen molar-refractivity contribution in [3.8, 4) is 0 Å². The normalized spacial score (nSPS) is 15.4. The van der Waals surface area contributed by atoms with E-state index in [2.05, 4.69) is 26.5 Å². The average Bonchev–Trinajstić information content (AvgIpc) is 3.08. The summed E-state index contributed by atoms with van der Waals surface area (Å²) in [5.41, 5.74) is 5.74. The van der Waals surface area contributed by atoms with E-state index in [0.717, 1.165) is 47.0 Å². The molecule has 0 saturated carbocycles. The van der Waals surface area contributed by atoms with Gasteiger partial charge in [0.1, 0.15) is 5.82 Å². The molecule has 1 aromatic carbocycles. The molecule has 0 spiro atoms. The van der Waals surface area contributed by atoms with Gasteiger partial charge in [-0.2, -0.15) is 0 Å². The summed E-state index contributed by atoms with van der Waals surface area (Å²) in [6.45, 7) is 1.97. The molecule has 2 N–H and O–H groups in total. The Bertz CT molecular complexity index is 897. The van der Waals surface area contributed by atoms with Gasteiger partial charge < -0.3 is 10.5 Å². The highest BCUT2D eigenvalue weighted by Crippen LogP contribution is 2.28. The first kappa shape index (κ1) is 12.8. The number of imidazole rings is 1. The van der Waals surface area contributed by atoms with E-state index in [1.165, 1.54) is 5.56 Å². The van der Waals surface area contributed by atoms with Gasteiger partial charge in [-0.3, -0.25) is 9.38 Å². The fourth-order valence-corrected chi connectivity index (χ4v) is 2.96. The molecular formula is C16H15N5O. The molecule has 0 aliphatic heterocycles. The third-order valence-corrected chi connectivity index (χ3v) is 4.04. The molecule has 0 unspecified atom stereocenters. The van der Waals surface area contributed by atoms with Crippen molar-refractivity contribution >= 4 is 22.9 Å². The molecule has 0 saturated heterocycles. The van der Waals surface area contributed by atoms with Crippen LogP contribution in [0, 0.1) is 6.92 Å². The van der Waals surface area contributed by atoms with E-state index in [9.17, 15) is 0 Å². The maximum atomic E-state index is 9.00. The Morgan fingerprint density at radius 1 is 1.32 bits per heavy atom. The number of nitrogens with zero attached hydrogens (tertiary/aromatic N) is 4.